The van der Waals surface area contributed by atoms with E-state index in [1.54, 1.807) is 4.90 Å². The van der Waals surface area contributed by atoms with E-state index < -0.39 is 23.7 Å². The summed E-state index contributed by atoms with van der Waals surface area (Å²) in [6, 6.07) is 4.46. The summed E-state index contributed by atoms with van der Waals surface area (Å²) < 4.78 is 17.5. The maximum atomic E-state index is 12.9. The summed E-state index contributed by atoms with van der Waals surface area (Å²) >= 11 is 0. The lowest BCUT2D eigenvalue weighted by atomic mass is 10.1. The van der Waals surface area contributed by atoms with Crippen molar-refractivity contribution in [3.05, 3.63) is 30.1 Å². The van der Waals surface area contributed by atoms with Crippen LogP contribution >= 0.6 is 0 Å². The number of esters is 1. The first-order chi connectivity index (χ1) is 13.3. The molecule has 1 aromatic rings. The average molecular weight is 394 g/mol. The minimum absolute atomic E-state index is 0.116. The summed E-state index contributed by atoms with van der Waals surface area (Å²) in [5.41, 5.74) is 0.415. The number of anilines is 1. The molecular weight excluding hydrogens is 371 g/mol. The minimum atomic E-state index is -0.799. The number of rotatable bonds is 7. The number of methoxy groups -OCH3 is 1. The zero-order chi connectivity index (χ0) is 20.7. The minimum Gasteiger partial charge on any atom is -0.469 e. The Morgan fingerprint density at radius 2 is 2.00 bits per heavy atom. The molecule has 0 aliphatic carbocycles. The van der Waals surface area contributed by atoms with Crippen molar-refractivity contribution in [3.8, 4) is 0 Å². The smallest absolute Gasteiger partial charge is 0.307 e. The van der Waals surface area contributed by atoms with Gasteiger partial charge in [-0.1, -0.05) is 0 Å². The van der Waals surface area contributed by atoms with Crippen molar-refractivity contribution in [2.45, 2.75) is 12.5 Å². The maximum absolute atomic E-state index is 12.9. The van der Waals surface area contributed by atoms with Crippen LogP contribution in [-0.2, 0) is 23.9 Å². The normalized spacial score (nSPS) is 16.8. The van der Waals surface area contributed by atoms with Gasteiger partial charge in [0, 0.05) is 25.8 Å². The molecule has 1 saturated heterocycles. The third kappa shape index (κ3) is 6.02. The number of nitrogens with one attached hydrogen (secondary N) is 2. The fourth-order valence-electron chi connectivity index (χ4n) is 2.75. The standard InChI is InChI=1S/C18H23FN4O5/c1-22(10-15(24)21-13-5-3-12(19)4-6-13)16(25)11-23-8-7-20-18(27)14(23)9-17(26)28-2/h3-6,14H,7-11H2,1-2H3,(H,20,27)(H,21,24). The third-order valence-corrected chi connectivity index (χ3v) is 4.30. The molecule has 1 aliphatic rings. The highest BCUT2D eigenvalue weighted by molar-refractivity contribution is 5.95. The highest BCUT2D eigenvalue weighted by atomic mass is 19.1. The molecule has 9 nitrogen and oxygen atoms in total. The molecule has 0 saturated carbocycles. The van der Waals surface area contributed by atoms with Crippen LogP contribution in [0, 0.1) is 5.82 Å². The molecule has 1 atom stereocenters. The molecule has 1 aromatic carbocycles. The average Bonchev–Trinajstić information content (AvgIpc) is 2.66. The van der Waals surface area contributed by atoms with Crippen LogP contribution in [0.15, 0.2) is 24.3 Å². The van der Waals surface area contributed by atoms with Crippen LogP contribution in [0.25, 0.3) is 0 Å². The Morgan fingerprint density at radius 1 is 1.32 bits per heavy atom. The predicted octanol–water partition coefficient (Wildman–Crippen LogP) is -0.414. The molecule has 0 aromatic heterocycles. The number of hydrogen-bond donors (Lipinski definition) is 2. The van der Waals surface area contributed by atoms with Crippen molar-refractivity contribution >= 4 is 29.4 Å². The molecule has 2 rings (SSSR count). The van der Waals surface area contributed by atoms with E-state index in [2.05, 4.69) is 15.4 Å². The highest BCUT2D eigenvalue weighted by Gasteiger charge is 2.33. The molecular formula is C18H23FN4O5. The van der Waals surface area contributed by atoms with Gasteiger partial charge in [-0.25, -0.2) is 4.39 Å². The molecule has 0 bridgehead atoms. The van der Waals surface area contributed by atoms with Crippen molar-refractivity contribution in [2.75, 3.05) is 45.7 Å². The van der Waals surface area contributed by atoms with Crippen LogP contribution < -0.4 is 10.6 Å². The molecule has 152 valence electrons. The molecule has 10 heteroatoms. The number of carbonyl (C=O) groups excluding carboxylic acids is 4. The van der Waals surface area contributed by atoms with Gasteiger partial charge < -0.3 is 20.3 Å². The van der Waals surface area contributed by atoms with Gasteiger partial charge >= 0.3 is 5.97 Å². The van der Waals surface area contributed by atoms with Gasteiger partial charge in [0.2, 0.25) is 17.7 Å². The summed E-state index contributed by atoms with van der Waals surface area (Å²) in [6.45, 7) is 0.431. The number of carbonyl (C=O) groups is 4. The molecule has 1 fully saturated rings. The Balaban J connectivity index is 1.90. The van der Waals surface area contributed by atoms with Crippen molar-refractivity contribution < 1.29 is 28.3 Å². The number of nitrogens with zero attached hydrogens (tertiary/aromatic N) is 2. The van der Waals surface area contributed by atoms with Gasteiger partial charge in [-0.3, -0.25) is 24.1 Å². The van der Waals surface area contributed by atoms with Gasteiger partial charge in [0.05, 0.1) is 26.6 Å². The van der Waals surface area contributed by atoms with Crippen LogP contribution in [0.2, 0.25) is 0 Å². The summed E-state index contributed by atoms with van der Waals surface area (Å²) in [7, 11) is 2.69. The van der Waals surface area contributed by atoms with Gasteiger partial charge in [0.15, 0.2) is 0 Å². The zero-order valence-electron chi connectivity index (χ0n) is 15.7. The van der Waals surface area contributed by atoms with E-state index in [0.29, 0.717) is 18.8 Å². The number of ether oxygens (including phenoxy) is 1. The highest BCUT2D eigenvalue weighted by Crippen LogP contribution is 2.11. The fourth-order valence-corrected chi connectivity index (χ4v) is 2.75. The first kappa shape index (κ1) is 21.3. The molecule has 0 spiro atoms. The predicted molar refractivity (Wildman–Crippen MR) is 97.7 cm³/mol. The Bertz CT molecular complexity index is 740. The Hall–Kier alpha value is -3.01. The quantitative estimate of drug-likeness (QED) is 0.609. The Kier molecular flexibility index (Phi) is 7.44. The number of piperazine rings is 1. The molecule has 0 radical (unpaired) electrons. The number of amides is 3. The lowest BCUT2D eigenvalue weighted by Gasteiger charge is -2.34. The molecule has 28 heavy (non-hydrogen) atoms. The van der Waals surface area contributed by atoms with Gasteiger partial charge in [0.1, 0.15) is 11.9 Å². The van der Waals surface area contributed by atoms with Gasteiger partial charge in [0.25, 0.3) is 0 Å². The van der Waals surface area contributed by atoms with Gasteiger partial charge in [-0.15, -0.1) is 0 Å². The molecule has 1 unspecified atom stereocenters. The Labute approximate surface area is 161 Å². The molecule has 3 amide bonds. The van der Waals surface area contributed by atoms with Crippen molar-refractivity contribution in [1.29, 1.82) is 0 Å². The number of halogens is 1. The van der Waals surface area contributed by atoms with Crippen LogP contribution in [0.3, 0.4) is 0 Å². The first-order valence-corrected chi connectivity index (χ1v) is 8.68. The zero-order valence-corrected chi connectivity index (χ0v) is 15.7. The van der Waals surface area contributed by atoms with Crippen LogP contribution in [0.1, 0.15) is 6.42 Å². The fraction of sp³-hybridized carbons (Fsp3) is 0.444. The molecule has 2 N–H and O–H groups in total. The topological polar surface area (TPSA) is 108 Å². The molecule has 1 aliphatic heterocycles. The summed E-state index contributed by atoms with van der Waals surface area (Å²) in [5.74, 6) is -2.13. The van der Waals surface area contributed by atoms with E-state index in [4.69, 9.17) is 0 Å². The second-order valence-electron chi connectivity index (χ2n) is 6.36. The van der Waals surface area contributed by atoms with E-state index in [1.165, 1.54) is 43.3 Å². The van der Waals surface area contributed by atoms with Crippen molar-refractivity contribution in [1.82, 2.24) is 15.1 Å². The second-order valence-corrected chi connectivity index (χ2v) is 6.36. The van der Waals surface area contributed by atoms with Crippen molar-refractivity contribution in [2.24, 2.45) is 0 Å². The van der Waals surface area contributed by atoms with Gasteiger partial charge in [-0.05, 0) is 24.3 Å². The SMILES string of the molecule is COC(=O)CC1C(=O)NCCN1CC(=O)N(C)CC(=O)Nc1ccc(F)cc1. The van der Waals surface area contributed by atoms with Gasteiger partial charge in [-0.2, -0.15) is 0 Å². The number of hydrogen-bond acceptors (Lipinski definition) is 6. The largest absolute Gasteiger partial charge is 0.469 e. The second kappa shape index (κ2) is 9.79. The van der Waals surface area contributed by atoms with E-state index in [-0.39, 0.29) is 31.3 Å². The third-order valence-electron chi connectivity index (χ3n) is 4.30. The van der Waals surface area contributed by atoms with E-state index >= 15 is 0 Å². The number of benzene rings is 1. The van der Waals surface area contributed by atoms with E-state index in [9.17, 15) is 23.6 Å². The molecule has 1 heterocycles. The number of likely N-dealkylation sites (N-methyl/N-ethyl adjacent to an activating group) is 1. The summed E-state index contributed by atoms with van der Waals surface area (Å²) in [6.07, 6.45) is -0.162. The Morgan fingerprint density at radius 3 is 2.64 bits per heavy atom. The monoisotopic (exact) mass is 394 g/mol. The van der Waals surface area contributed by atoms with E-state index in [0.717, 1.165) is 0 Å². The summed E-state index contributed by atoms with van der Waals surface area (Å²) in [5, 5.41) is 5.22. The first-order valence-electron chi connectivity index (χ1n) is 8.68. The maximum Gasteiger partial charge on any atom is 0.307 e. The lowest BCUT2D eigenvalue weighted by Crippen LogP contribution is -2.58. The summed E-state index contributed by atoms with van der Waals surface area (Å²) in [4.78, 5) is 50.9. The van der Waals surface area contributed by atoms with Crippen LogP contribution in [0.5, 0.6) is 0 Å². The van der Waals surface area contributed by atoms with Crippen molar-refractivity contribution in [3.63, 3.8) is 0 Å². The van der Waals surface area contributed by atoms with Crippen LogP contribution in [-0.4, -0.2) is 79.9 Å². The van der Waals surface area contributed by atoms with E-state index in [1.807, 2.05) is 0 Å². The van der Waals surface area contributed by atoms with Crippen LogP contribution in [0.4, 0.5) is 10.1 Å². The lowest BCUT2D eigenvalue weighted by molar-refractivity contribution is -0.147.